The molecule has 0 saturated carbocycles. The summed E-state index contributed by atoms with van der Waals surface area (Å²) in [5, 5.41) is 2.90. The number of hydrogen-bond donors (Lipinski definition) is 2. The van der Waals surface area contributed by atoms with Crippen LogP contribution in [0, 0.1) is 5.92 Å². The second kappa shape index (κ2) is 6.89. The highest BCUT2D eigenvalue weighted by Gasteiger charge is 2.12. The fourth-order valence-corrected chi connectivity index (χ4v) is 1.23. The minimum atomic E-state index is 0.169. The van der Waals surface area contributed by atoms with E-state index >= 15 is 0 Å². The van der Waals surface area contributed by atoms with Gasteiger partial charge < -0.3 is 11.1 Å². The molecule has 0 saturated heterocycles. The molecule has 3 heteroatoms. The third-order valence-corrected chi connectivity index (χ3v) is 2.26. The molecular formula is C10H22N2O. The second-order valence-corrected chi connectivity index (χ2v) is 3.57. The van der Waals surface area contributed by atoms with Gasteiger partial charge in [0, 0.05) is 18.5 Å². The highest BCUT2D eigenvalue weighted by atomic mass is 16.1. The van der Waals surface area contributed by atoms with E-state index in [0.29, 0.717) is 6.54 Å². The van der Waals surface area contributed by atoms with Crippen LogP contribution in [0.5, 0.6) is 0 Å². The van der Waals surface area contributed by atoms with Gasteiger partial charge in [0.25, 0.3) is 0 Å². The molecule has 0 aromatic heterocycles. The van der Waals surface area contributed by atoms with E-state index in [9.17, 15) is 4.79 Å². The molecule has 0 spiro atoms. The topological polar surface area (TPSA) is 55.1 Å². The maximum atomic E-state index is 11.4. The summed E-state index contributed by atoms with van der Waals surface area (Å²) in [5.74, 6) is 0.346. The van der Waals surface area contributed by atoms with Crippen molar-refractivity contribution in [2.45, 2.75) is 46.1 Å². The minimum absolute atomic E-state index is 0.169. The van der Waals surface area contributed by atoms with E-state index in [1.165, 1.54) is 0 Å². The molecule has 0 aliphatic carbocycles. The van der Waals surface area contributed by atoms with Crippen LogP contribution in [0.15, 0.2) is 0 Å². The van der Waals surface area contributed by atoms with Crippen molar-refractivity contribution in [2.75, 3.05) is 6.54 Å². The maximum Gasteiger partial charge on any atom is 0.223 e. The normalized spacial score (nSPS) is 13.0. The Morgan fingerprint density at radius 2 is 1.92 bits per heavy atom. The van der Waals surface area contributed by atoms with Crippen LogP contribution in [0.4, 0.5) is 0 Å². The largest absolute Gasteiger partial charge is 0.356 e. The zero-order valence-electron chi connectivity index (χ0n) is 8.97. The molecule has 3 N–H and O–H groups in total. The Balaban J connectivity index is 3.60. The summed E-state index contributed by atoms with van der Waals surface area (Å²) in [7, 11) is 0. The van der Waals surface area contributed by atoms with Crippen molar-refractivity contribution < 1.29 is 4.79 Å². The molecule has 0 aromatic carbocycles. The summed E-state index contributed by atoms with van der Waals surface area (Å²) in [6.45, 7) is 6.73. The van der Waals surface area contributed by atoms with Crippen molar-refractivity contribution in [1.82, 2.24) is 5.32 Å². The highest BCUT2D eigenvalue weighted by molar-refractivity contribution is 5.78. The van der Waals surface area contributed by atoms with Crippen LogP contribution in [0.2, 0.25) is 0 Å². The summed E-state index contributed by atoms with van der Waals surface area (Å²) in [6, 6.07) is 0.169. The molecule has 1 atom stereocenters. The van der Waals surface area contributed by atoms with Crippen molar-refractivity contribution >= 4 is 5.91 Å². The Labute approximate surface area is 81.1 Å². The zero-order chi connectivity index (χ0) is 10.3. The smallest absolute Gasteiger partial charge is 0.223 e. The third-order valence-electron chi connectivity index (χ3n) is 2.26. The fraction of sp³-hybridized carbons (Fsp3) is 0.900. The number of carbonyl (C=O) groups is 1. The quantitative estimate of drug-likeness (QED) is 0.656. The van der Waals surface area contributed by atoms with E-state index in [2.05, 4.69) is 5.32 Å². The number of carbonyl (C=O) groups excluding carboxylic acids is 1. The van der Waals surface area contributed by atoms with Crippen molar-refractivity contribution in [3.8, 4) is 0 Å². The predicted molar refractivity (Wildman–Crippen MR) is 55.3 cm³/mol. The van der Waals surface area contributed by atoms with Crippen molar-refractivity contribution in [3.05, 3.63) is 0 Å². The van der Waals surface area contributed by atoms with Crippen LogP contribution in [-0.4, -0.2) is 18.5 Å². The van der Waals surface area contributed by atoms with Crippen LogP contribution < -0.4 is 11.1 Å². The van der Waals surface area contributed by atoms with Gasteiger partial charge in [-0.2, -0.15) is 0 Å². The average molecular weight is 186 g/mol. The third kappa shape index (κ3) is 5.64. The molecule has 1 amide bonds. The first-order valence-electron chi connectivity index (χ1n) is 5.15. The molecule has 3 nitrogen and oxygen atoms in total. The summed E-state index contributed by atoms with van der Waals surface area (Å²) in [4.78, 5) is 11.4. The first-order valence-corrected chi connectivity index (χ1v) is 5.15. The Hall–Kier alpha value is -0.570. The number of rotatable bonds is 6. The van der Waals surface area contributed by atoms with Gasteiger partial charge in [0.2, 0.25) is 5.91 Å². The molecule has 13 heavy (non-hydrogen) atoms. The molecule has 0 bridgehead atoms. The van der Waals surface area contributed by atoms with Gasteiger partial charge >= 0.3 is 0 Å². The minimum Gasteiger partial charge on any atom is -0.356 e. The van der Waals surface area contributed by atoms with E-state index in [1.807, 2.05) is 20.8 Å². The molecule has 0 aliphatic heterocycles. The molecule has 1 unspecified atom stereocenters. The van der Waals surface area contributed by atoms with Gasteiger partial charge in [-0.15, -0.1) is 0 Å². The lowest BCUT2D eigenvalue weighted by molar-refractivity contribution is -0.125. The number of nitrogens with two attached hydrogens (primary N) is 1. The Bertz CT molecular complexity index is 142. The van der Waals surface area contributed by atoms with Gasteiger partial charge in [0.15, 0.2) is 0 Å². The monoisotopic (exact) mass is 186 g/mol. The molecule has 0 fully saturated rings. The maximum absolute atomic E-state index is 11.4. The number of amides is 1. The summed E-state index contributed by atoms with van der Waals surface area (Å²) >= 11 is 0. The highest BCUT2D eigenvalue weighted by Crippen LogP contribution is 2.06. The number of hydrogen-bond acceptors (Lipinski definition) is 2. The van der Waals surface area contributed by atoms with Crippen LogP contribution >= 0.6 is 0 Å². The lowest BCUT2D eigenvalue weighted by Crippen LogP contribution is -2.33. The Morgan fingerprint density at radius 1 is 1.38 bits per heavy atom. The first-order chi connectivity index (χ1) is 6.11. The average Bonchev–Trinajstić information content (AvgIpc) is 2.05. The molecule has 0 aliphatic rings. The van der Waals surface area contributed by atoms with Gasteiger partial charge in [0.1, 0.15) is 0 Å². The summed E-state index contributed by atoms with van der Waals surface area (Å²) < 4.78 is 0. The first kappa shape index (κ1) is 12.4. The second-order valence-electron chi connectivity index (χ2n) is 3.57. The van der Waals surface area contributed by atoms with Crippen LogP contribution in [-0.2, 0) is 4.79 Å². The summed E-state index contributed by atoms with van der Waals surface area (Å²) in [5.41, 5.74) is 5.57. The SMILES string of the molecule is CCC(CC)C(=O)NCCC(C)N. The zero-order valence-corrected chi connectivity index (χ0v) is 8.97. The van der Waals surface area contributed by atoms with Crippen molar-refractivity contribution in [2.24, 2.45) is 11.7 Å². The van der Waals surface area contributed by atoms with Crippen molar-refractivity contribution in [3.63, 3.8) is 0 Å². The van der Waals surface area contributed by atoms with Crippen LogP contribution in [0.1, 0.15) is 40.0 Å². The van der Waals surface area contributed by atoms with E-state index in [4.69, 9.17) is 5.73 Å². The van der Waals surface area contributed by atoms with E-state index in [1.54, 1.807) is 0 Å². The summed E-state index contributed by atoms with van der Waals surface area (Å²) in [6.07, 6.45) is 2.69. The molecule has 0 aromatic rings. The van der Waals surface area contributed by atoms with Crippen LogP contribution in [0.25, 0.3) is 0 Å². The molecule has 78 valence electrons. The lowest BCUT2D eigenvalue weighted by atomic mass is 10.0. The van der Waals surface area contributed by atoms with Gasteiger partial charge in [-0.05, 0) is 26.2 Å². The Kier molecular flexibility index (Phi) is 6.59. The van der Waals surface area contributed by atoms with E-state index in [-0.39, 0.29) is 17.9 Å². The van der Waals surface area contributed by atoms with Crippen molar-refractivity contribution in [1.29, 1.82) is 0 Å². The van der Waals surface area contributed by atoms with Gasteiger partial charge in [-0.25, -0.2) is 0 Å². The Morgan fingerprint density at radius 3 is 2.31 bits per heavy atom. The van der Waals surface area contributed by atoms with Crippen LogP contribution in [0.3, 0.4) is 0 Å². The van der Waals surface area contributed by atoms with Gasteiger partial charge in [0.05, 0.1) is 0 Å². The molecular weight excluding hydrogens is 164 g/mol. The van der Waals surface area contributed by atoms with Gasteiger partial charge in [-0.1, -0.05) is 13.8 Å². The predicted octanol–water partition coefficient (Wildman–Crippen LogP) is 1.28. The lowest BCUT2D eigenvalue weighted by Gasteiger charge is -2.13. The van der Waals surface area contributed by atoms with Gasteiger partial charge in [-0.3, -0.25) is 4.79 Å². The van der Waals surface area contributed by atoms with E-state index < -0.39 is 0 Å². The molecule has 0 radical (unpaired) electrons. The molecule has 0 heterocycles. The van der Waals surface area contributed by atoms with E-state index in [0.717, 1.165) is 19.3 Å². The fourth-order valence-electron chi connectivity index (χ4n) is 1.23. The standard InChI is InChI=1S/C10H22N2O/c1-4-9(5-2)10(13)12-7-6-8(3)11/h8-9H,4-7,11H2,1-3H3,(H,12,13). The molecule has 0 rings (SSSR count). The number of nitrogens with one attached hydrogen (secondary N) is 1.